The second kappa shape index (κ2) is 8.71. The summed E-state index contributed by atoms with van der Waals surface area (Å²) in [5, 5.41) is 11.7. The fourth-order valence-electron chi connectivity index (χ4n) is 3.21. The molecule has 0 amide bonds. The summed E-state index contributed by atoms with van der Waals surface area (Å²) in [5.41, 5.74) is 6.09. The number of carbonyl (C=O) groups excluding carboxylic acids is 1. The molecule has 1 aliphatic heterocycles. The largest absolute Gasteiger partial charge is 0.457 e. The molecule has 0 aliphatic carbocycles. The van der Waals surface area contributed by atoms with Crippen molar-refractivity contribution >= 4 is 23.1 Å². The Morgan fingerprint density at radius 1 is 1.13 bits per heavy atom. The number of nitrogens with zero attached hydrogens (tertiary/aromatic N) is 2. The number of nitrogens with two attached hydrogens (primary N) is 1. The molecule has 1 aromatic heterocycles. The van der Waals surface area contributed by atoms with Gasteiger partial charge in [-0.05, 0) is 37.1 Å². The van der Waals surface area contributed by atoms with Crippen molar-refractivity contribution in [3.05, 3.63) is 72.1 Å². The van der Waals surface area contributed by atoms with Crippen LogP contribution >= 0.6 is 0 Å². The van der Waals surface area contributed by atoms with Crippen molar-refractivity contribution in [1.82, 2.24) is 9.97 Å². The summed E-state index contributed by atoms with van der Waals surface area (Å²) < 4.78 is 11.4. The molecule has 152 valence electrons. The Balaban J connectivity index is 1.64. The molecule has 2 heterocycles. The Labute approximate surface area is 173 Å². The van der Waals surface area contributed by atoms with Gasteiger partial charge < -0.3 is 20.5 Å². The molecule has 4 N–H and O–H groups in total. The molecule has 1 atom stereocenters. The molecular formula is C22H21N5O3. The lowest BCUT2D eigenvalue weighted by Gasteiger charge is -2.17. The predicted molar refractivity (Wildman–Crippen MR) is 113 cm³/mol. The van der Waals surface area contributed by atoms with Crippen molar-refractivity contribution in [1.29, 1.82) is 5.41 Å². The lowest BCUT2D eigenvalue weighted by atomic mass is 10.0. The molecule has 0 spiro atoms. The van der Waals surface area contributed by atoms with Gasteiger partial charge in [-0.2, -0.15) is 0 Å². The minimum absolute atomic E-state index is 0.0466. The smallest absolute Gasteiger partial charge is 0.215 e. The Bertz CT molecular complexity index is 1070. The van der Waals surface area contributed by atoms with E-state index in [0.29, 0.717) is 23.9 Å². The maximum atomic E-state index is 13.2. The van der Waals surface area contributed by atoms with Crippen molar-refractivity contribution in [3.8, 4) is 11.5 Å². The maximum Gasteiger partial charge on any atom is 0.215 e. The van der Waals surface area contributed by atoms with E-state index >= 15 is 0 Å². The molecule has 0 bridgehead atoms. The number of carbonyl (C=O) groups is 1. The number of nitrogen functional groups attached to an aromatic ring is 1. The first-order valence-electron chi connectivity index (χ1n) is 9.57. The van der Waals surface area contributed by atoms with Crippen molar-refractivity contribution in [2.24, 2.45) is 0 Å². The molecule has 0 radical (unpaired) electrons. The summed E-state index contributed by atoms with van der Waals surface area (Å²) >= 11 is 0. The number of ether oxygens (including phenoxy) is 2. The van der Waals surface area contributed by atoms with Crippen LogP contribution in [0.1, 0.15) is 28.8 Å². The highest BCUT2D eigenvalue weighted by Crippen LogP contribution is 2.28. The van der Waals surface area contributed by atoms with Crippen molar-refractivity contribution in [3.63, 3.8) is 0 Å². The highest BCUT2D eigenvalue weighted by atomic mass is 16.5. The molecule has 1 aliphatic rings. The van der Waals surface area contributed by atoms with Gasteiger partial charge in [0, 0.05) is 6.61 Å². The SMILES string of the molecule is N=C(C(=O)c1ccccc1Oc1ccccc1)c1c(N)ncnc1NC1CCCO1. The number of ketones is 1. The minimum Gasteiger partial charge on any atom is -0.457 e. The normalized spacial score (nSPS) is 15.5. The Kier molecular flexibility index (Phi) is 5.67. The van der Waals surface area contributed by atoms with E-state index in [0.717, 1.165) is 12.8 Å². The highest BCUT2D eigenvalue weighted by Gasteiger charge is 2.26. The zero-order chi connectivity index (χ0) is 20.9. The second-order valence-electron chi connectivity index (χ2n) is 6.74. The zero-order valence-corrected chi connectivity index (χ0v) is 16.2. The Hall–Kier alpha value is -3.78. The minimum atomic E-state index is -0.543. The monoisotopic (exact) mass is 403 g/mol. The number of aromatic nitrogens is 2. The van der Waals surface area contributed by atoms with Gasteiger partial charge in [-0.1, -0.05) is 30.3 Å². The van der Waals surface area contributed by atoms with E-state index in [1.165, 1.54) is 6.33 Å². The summed E-state index contributed by atoms with van der Waals surface area (Å²) in [6, 6.07) is 15.9. The number of benzene rings is 2. The number of para-hydroxylation sites is 2. The lowest BCUT2D eigenvalue weighted by molar-refractivity contribution is 0.106. The van der Waals surface area contributed by atoms with Crippen LogP contribution in [0.15, 0.2) is 60.9 Å². The number of nitrogens with one attached hydrogen (secondary N) is 2. The third-order valence-electron chi connectivity index (χ3n) is 4.68. The van der Waals surface area contributed by atoms with Crippen LogP contribution in [0, 0.1) is 5.41 Å². The van der Waals surface area contributed by atoms with Gasteiger partial charge in [0.05, 0.1) is 11.1 Å². The van der Waals surface area contributed by atoms with Crippen LogP contribution in [0.3, 0.4) is 0 Å². The summed E-state index contributed by atoms with van der Waals surface area (Å²) in [6.07, 6.45) is 2.78. The summed E-state index contributed by atoms with van der Waals surface area (Å²) in [6.45, 7) is 0.647. The fourth-order valence-corrected chi connectivity index (χ4v) is 3.21. The quantitative estimate of drug-likeness (QED) is 0.406. The van der Waals surface area contributed by atoms with Crippen LogP contribution in [0.4, 0.5) is 11.6 Å². The van der Waals surface area contributed by atoms with Crippen LogP contribution in [-0.2, 0) is 4.74 Å². The van der Waals surface area contributed by atoms with E-state index in [2.05, 4.69) is 15.3 Å². The van der Waals surface area contributed by atoms with Gasteiger partial charge in [0.2, 0.25) is 5.78 Å². The van der Waals surface area contributed by atoms with Gasteiger partial charge >= 0.3 is 0 Å². The molecule has 30 heavy (non-hydrogen) atoms. The molecule has 3 aromatic rings. The van der Waals surface area contributed by atoms with Crippen molar-refractivity contribution in [2.45, 2.75) is 19.1 Å². The number of rotatable bonds is 7. The first kappa shape index (κ1) is 19.5. The highest BCUT2D eigenvalue weighted by molar-refractivity contribution is 6.52. The summed E-state index contributed by atoms with van der Waals surface area (Å²) in [7, 11) is 0. The standard InChI is InChI=1S/C22H21N5O3/c23-19(18-21(24)25-13-26-22(18)27-17-11-6-12-29-17)20(28)15-9-4-5-10-16(15)30-14-7-2-1-3-8-14/h1-5,7-10,13,17,23H,6,11-12H2,(H3,24,25,26,27). The molecule has 4 rings (SSSR count). The van der Waals surface area contributed by atoms with Gasteiger partial charge in [-0.15, -0.1) is 0 Å². The Morgan fingerprint density at radius 3 is 2.67 bits per heavy atom. The van der Waals surface area contributed by atoms with Gasteiger partial charge in [-0.25, -0.2) is 9.97 Å². The predicted octanol–water partition coefficient (Wildman–Crippen LogP) is 3.65. The summed E-state index contributed by atoms with van der Waals surface area (Å²) in [4.78, 5) is 21.4. The first-order valence-corrected chi connectivity index (χ1v) is 9.57. The lowest BCUT2D eigenvalue weighted by Crippen LogP contribution is -2.24. The third kappa shape index (κ3) is 4.13. The van der Waals surface area contributed by atoms with Crippen LogP contribution in [0.2, 0.25) is 0 Å². The topological polar surface area (TPSA) is 123 Å². The average Bonchev–Trinajstić information content (AvgIpc) is 3.27. The molecule has 2 aromatic carbocycles. The molecule has 8 heteroatoms. The van der Waals surface area contributed by atoms with Crippen LogP contribution in [-0.4, -0.2) is 34.3 Å². The number of Topliss-reactive ketones (excluding diaryl/α,β-unsaturated/α-hetero) is 1. The van der Waals surface area contributed by atoms with Gasteiger partial charge in [-0.3, -0.25) is 10.2 Å². The third-order valence-corrected chi connectivity index (χ3v) is 4.68. The molecule has 0 saturated carbocycles. The summed E-state index contributed by atoms with van der Waals surface area (Å²) in [5.74, 6) is 0.744. The van der Waals surface area contributed by atoms with Crippen molar-refractivity contribution < 1.29 is 14.3 Å². The fraction of sp³-hybridized carbons (Fsp3) is 0.182. The first-order chi connectivity index (χ1) is 14.6. The van der Waals surface area contributed by atoms with Crippen molar-refractivity contribution in [2.75, 3.05) is 17.7 Å². The van der Waals surface area contributed by atoms with E-state index in [9.17, 15) is 4.79 Å². The zero-order valence-electron chi connectivity index (χ0n) is 16.2. The van der Waals surface area contributed by atoms with E-state index in [-0.39, 0.29) is 28.9 Å². The molecule has 1 saturated heterocycles. The van der Waals surface area contributed by atoms with Gasteiger partial charge in [0.25, 0.3) is 0 Å². The van der Waals surface area contributed by atoms with Crippen LogP contribution < -0.4 is 15.8 Å². The van der Waals surface area contributed by atoms with E-state index in [1.807, 2.05) is 18.2 Å². The average molecular weight is 403 g/mol. The number of hydrogen-bond donors (Lipinski definition) is 3. The number of hydrogen-bond acceptors (Lipinski definition) is 8. The van der Waals surface area contributed by atoms with Crippen LogP contribution in [0.25, 0.3) is 0 Å². The molecular weight excluding hydrogens is 382 g/mol. The second-order valence-corrected chi connectivity index (χ2v) is 6.74. The van der Waals surface area contributed by atoms with E-state index in [4.69, 9.17) is 20.6 Å². The van der Waals surface area contributed by atoms with Crippen LogP contribution in [0.5, 0.6) is 11.5 Å². The number of anilines is 2. The Morgan fingerprint density at radius 2 is 1.90 bits per heavy atom. The molecule has 8 nitrogen and oxygen atoms in total. The molecule has 1 fully saturated rings. The van der Waals surface area contributed by atoms with E-state index in [1.54, 1.807) is 36.4 Å². The van der Waals surface area contributed by atoms with E-state index < -0.39 is 5.78 Å². The maximum absolute atomic E-state index is 13.2. The van der Waals surface area contributed by atoms with Gasteiger partial charge in [0.1, 0.15) is 41.4 Å². The molecule has 1 unspecified atom stereocenters. The van der Waals surface area contributed by atoms with Gasteiger partial charge in [0.15, 0.2) is 0 Å².